The maximum absolute atomic E-state index is 11.8. The van der Waals surface area contributed by atoms with Crippen molar-refractivity contribution in [3.63, 3.8) is 0 Å². The van der Waals surface area contributed by atoms with Crippen LogP contribution in [0.5, 0.6) is 0 Å². The fourth-order valence-electron chi connectivity index (χ4n) is 2.20. The zero-order chi connectivity index (χ0) is 22.5. The van der Waals surface area contributed by atoms with Crippen LogP contribution in [0.2, 0.25) is 0 Å². The molecule has 158 valence electrons. The second-order valence-corrected chi connectivity index (χ2v) is 5.74. The second-order valence-electron chi connectivity index (χ2n) is 5.74. The number of hydrogen-bond acceptors (Lipinski definition) is 6. The lowest BCUT2D eigenvalue weighted by molar-refractivity contribution is 0.0432. The Hall–Kier alpha value is -3.94. The minimum atomic E-state index is -1.08. The highest BCUT2D eigenvalue weighted by atomic mass is 16.5. The molecule has 0 aliphatic heterocycles. The molecule has 0 saturated heterocycles. The highest BCUT2D eigenvalue weighted by molar-refractivity contribution is 5.93. The summed E-state index contributed by atoms with van der Waals surface area (Å²) in [6.07, 6.45) is 0.953. The van der Waals surface area contributed by atoms with Gasteiger partial charge in [0.15, 0.2) is 0 Å². The van der Waals surface area contributed by atoms with Gasteiger partial charge in [0.2, 0.25) is 0 Å². The molecule has 8 nitrogen and oxygen atoms in total. The van der Waals surface area contributed by atoms with E-state index in [0.717, 1.165) is 0 Å². The number of hydrogen-bond donors (Lipinski definition) is 2. The molecule has 2 aromatic carbocycles. The SMILES string of the molecule is C=C.O=C(O)c1ccc(C(=O)OCCCCOC(=O)c2ccc(C(=O)O)cc2)cc1. The van der Waals surface area contributed by atoms with Gasteiger partial charge < -0.3 is 19.7 Å². The van der Waals surface area contributed by atoms with Gasteiger partial charge in [-0.3, -0.25) is 0 Å². The Balaban J connectivity index is 0.00000218. The summed E-state index contributed by atoms with van der Waals surface area (Å²) in [5.41, 5.74) is 0.661. The summed E-state index contributed by atoms with van der Waals surface area (Å²) in [4.78, 5) is 45.2. The van der Waals surface area contributed by atoms with E-state index in [0.29, 0.717) is 12.8 Å². The number of carboxylic acids is 2. The van der Waals surface area contributed by atoms with Gasteiger partial charge >= 0.3 is 23.9 Å². The van der Waals surface area contributed by atoms with Crippen LogP contribution >= 0.6 is 0 Å². The molecule has 0 atom stereocenters. The molecule has 0 aliphatic carbocycles. The Morgan fingerprint density at radius 2 is 0.867 bits per heavy atom. The van der Waals surface area contributed by atoms with Crippen molar-refractivity contribution in [2.24, 2.45) is 0 Å². The van der Waals surface area contributed by atoms with Crippen molar-refractivity contribution in [1.29, 1.82) is 0 Å². The van der Waals surface area contributed by atoms with E-state index in [1.165, 1.54) is 48.5 Å². The van der Waals surface area contributed by atoms with Gasteiger partial charge in [-0.25, -0.2) is 19.2 Å². The Bertz CT molecular complexity index is 796. The summed E-state index contributed by atoms with van der Waals surface area (Å²) in [5.74, 6) is -3.28. The molecule has 0 aliphatic rings. The smallest absolute Gasteiger partial charge is 0.338 e. The molecule has 0 radical (unpaired) electrons. The average molecular weight is 414 g/mol. The van der Waals surface area contributed by atoms with Gasteiger partial charge in [0.1, 0.15) is 0 Å². The van der Waals surface area contributed by atoms with E-state index in [9.17, 15) is 19.2 Å². The molecule has 0 spiro atoms. The summed E-state index contributed by atoms with van der Waals surface area (Å²) in [6, 6.07) is 10.8. The number of carbonyl (C=O) groups excluding carboxylic acids is 2. The number of rotatable bonds is 9. The van der Waals surface area contributed by atoms with Crippen molar-refractivity contribution in [3.05, 3.63) is 83.9 Å². The van der Waals surface area contributed by atoms with E-state index in [1.807, 2.05) is 0 Å². The van der Waals surface area contributed by atoms with Gasteiger partial charge in [0.25, 0.3) is 0 Å². The van der Waals surface area contributed by atoms with E-state index in [4.69, 9.17) is 19.7 Å². The first kappa shape index (κ1) is 24.1. The standard InChI is InChI=1S/C20H18O8.C2H4/c21-17(22)13-3-7-15(8-4-13)19(25)27-11-1-2-12-28-20(26)16-9-5-14(6-10-16)18(23)24;1-2/h3-10H,1-2,11-12H2,(H,21,22)(H,23,24);1-2H2. The Morgan fingerprint density at radius 1 is 0.600 bits per heavy atom. The van der Waals surface area contributed by atoms with Gasteiger partial charge in [-0.15, -0.1) is 13.2 Å². The molecule has 2 aromatic rings. The van der Waals surface area contributed by atoms with Crippen LogP contribution in [0.1, 0.15) is 54.3 Å². The van der Waals surface area contributed by atoms with Crippen LogP contribution in [0.25, 0.3) is 0 Å². The normalized spacial score (nSPS) is 9.60. The van der Waals surface area contributed by atoms with Crippen LogP contribution in [0.15, 0.2) is 61.7 Å². The maximum atomic E-state index is 11.8. The van der Waals surface area contributed by atoms with E-state index >= 15 is 0 Å². The van der Waals surface area contributed by atoms with Crippen molar-refractivity contribution in [2.45, 2.75) is 12.8 Å². The lowest BCUT2D eigenvalue weighted by Gasteiger charge is -2.07. The van der Waals surface area contributed by atoms with Crippen LogP contribution in [0, 0.1) is 0 Å². The molecular weight excluding hydrogens is 392 g/mol. The fourth-order valence-corrected chi connectivity index (χ4v) is 2.20. The van der Waals surface area contributed by atoms with Crippen molar-refractivity contribution in [3.8, 4) is 0 Å². The first-order valence-corrected chi connectivity index (χ1v) is 8.89. The van der Waals surface area contributed by atoms with Gasteiger partial charge in [-0.05, 0) is 61.4 Å². The Morgan fingerprint density at radius 3 is 1.13 bits per heavy atom. The van der Waals surface area contributed by atoms with E-state index in [1.54, 1.807) is 0 Å². The molecular formula is C22H22O8. The monoisotopic (exact) mass is 414 g/mol. The lowest BCUT2D eigenvalue weighted by atomic mass is 10.1. The zero-order valence-corrected chi connectivity index (χ0v) is 16.2. The zero-order valence-electron chi connectivity index (χ0n) is 16.2. The van der Waals surface area contributed by atoms with Crippen molar-refractivity contribution < 1.29 is 38.9 Å². The van der Waals surface area contributed by atoms with E-state index < -0.39 is 23.9 Å². The molecule has 2 rings (SSSR count). The molecule has 8 heteroatoms. The third-order valence-electron chi connectivity index (χ3n) is 3.74. The van der Waals surface area contributed by atoms with Crippen LogP contribution < -0.4 is 0 Å². The van der Waals surface area contributed by atoms with Crippen LogP contribution in [0.3, 0.4) is 0 Å². The maximum Gasteiger partial charge on any atom is 0.338 e. The summed E-state index contributed by atoms with van der Waals surface area (Å²) in [7, 11) is 0. The van der Waals surface area contributed by atoms with Gasteiger partial charge in [0.05, 0.1) is 35.5 Å². The summed E-state index contributed by atoms with van der Waals surface area (Å²) in [6.45, 7) is 6.26. The largest absolute Gasteiger partial charge is 0.478 e. The Kier molecular flexibility index (Phi) is 10.0. The third kappa shape index (κ3) is 7.59. The highest BCUT2D eigenvalue weighted by Gasteiger charge is 2.10. The summed E-state index contributed by atoms with van der Waals surface area (Å²) < 4.78 is 10.1. The minimum absolute atomic E-state index is 0.0796. The number of ether oxygens (including phenoxy) is 2. The second kappa shape index (κ2) is 12.5. The van der Waals surface area contributed by atoms with Crippen molar-refractivity contribution >= 4 is 23.9 Å². The molecule has 30 heavy (non-hydrogen) atoms. The third-order valence-corrected chi connectivity index (χ3v) is 3.74. The molecule has 0 bridgehead atoms. The fraction of sp³-hybridized carbons (Fsp3) is 0.182. The summed E-state index contributed by atoms with van der Waals surface area (Å²) >= 11 is 0. The van der Waals surface area contributed by atoms with Crippen LogP contribution in [-0.2, 0) is 9.47 Å². The topological polar surface area (TPSA) is 127 Å². The molecule has 0 saturated carbocycles. The highest BCUT2D eigenvalue weighted by Crippen LogP contribution is 2.08. The van der Waals surface area contributed by atoms with Gasteiger partial charge in [-0.1, -0.05) is 0 Å². The first-order chi connectivity index (χ1) is 14.4. The Labute approximate surface area is 173 Å². The van der Waals surface area contributed by atoms with E-state index in [2.05, 4.69) is 13.2 Å². The number of carboxylic acid groups (broad SMARTS) is 2. The van der Waals surface area contributed by atoms with Gasteiger partial charge in [-0.2, -0.15) is 0 Å². The number of esters is 2. The lowest BCUT2D eigenvalue weighted by Crippen LogP contribution is -2.10. The van der Waals surface area contributed by atoms with Crippen LogP contribution in [-0.4, -0.2) is 47.3 Å². The molecule has 0 unspecified atom stereocenters. The van der Waals surface area contributed by atoms with Crippen LogP contribution in [0.4, 0.5) is 0 Å². The molecule has 2 N–H and O–H groups in total. The minimum Gasteiger partial charge on any atom is -0.478 e. The predicted octanol–water partition coefficient (Wildman–Crippen LogP) is 3.68. The average Bonchev–Trinajstić information content (AvgIpc) is 2.77. The molecule has 0 amide bonds. The molecule has 0 aromatic heterocycles. The number of carbonyl (C=O) groups is 4. The number of aromatic carboxylic acids is 2. The summed E-state index contributed by atoms with van der Waals surface area (Å²) in [5, 5.41) is 17.6. The number of unbranched alkanes of at least 4 members (excludes halogenated alkanes) is 1. The van der Waals surface area contributed by atoms with Crippen molar-refractivity contribution in [2.75, 3.05) is 13.2 Å². The molecule has 0 heterocycles. The first-order valence-electron chi connectivity index (χ1n) is 8.89. The van der Waals surface area contributed by atoms with Crippen molar-refractivity contribution in [1.82, 2.24) is 0 Å². The quantitative estimate of drug-likeness (QED) is 0.361. The predicted molar refractivity (Wildman–Crippen MR) is 108 cm³/mol. The van der Waals surface area contributed by atoms with E-state index in [-0.39, 0.29) is 35.5 Å². The van der Waals surface area contributed by atoms with Gasteiger partial charge in [0, 0.05) is 0 Å². The molecule has 0 fully saturated rings. The number of benzene rings is 2.